The summed E-state index contributed by atoms with van der Waals surface area (Å²) in [6, 6.07) is 18.2. The number of methoxy groups -OCH3 is 1. The Labute approximate surface area is 170 Å². The zero-order valence-electron chi connectivity index (χ0n) is 16.8. The van der Waals surface area contributed by atoms with Crippen LogP contribution < -0.4 is 10.1 Å². The highest BCUT2D eigenvalue weighted by atomic mass is 16.5. The number of hydrogen-bond acceptors (Lipinski definition) is 4. The first-order valence-electron chi connectivity index (χ1n) is 9.31. The van der Waals surface area contributed by atoms with Crippen molar-refractivity contribution in [3.63, 3.8) is 0 Å². The predicted molar refractivity (Wildman–Crippen MR) is 112 cm³/mol. The van der Waals surface area contributed by atoms with Crippen LogP contribution in [0.4, 0.5) is 5.69 Å². The maximum Gasteiger partial charge on any atom is 0.253 e. The maximum absolute atomic E-state index is 12.2. The fourth-order valence-corrected chi connectivity index (χ4v) is 2.84. The van der Waals surface area contributed by atoms with Crippen LogP contribution in [0.25, 0.3) is 11.3 Å². The molecule has 1 aromatic heterocycles. The van der Waals surface area contributed by atoms with E-state index in [1.165, 1.54) is 4.90 Å². The molecule has 0 spiro atoms. The molecule has 0 aliphatic heterocycles. The Kier molecular flexibility index (Phi) is 6.34. The maximum atomic E-state index is 12.2. The lowest BCUT2D eigenvalue weighted by molar-refractivity contribution is -0.116. The minimum absolute atomic E-state index is 0.0756. The lowest BCUT2D eigenvalue weighted by Crippen LogP contribution is -2.21. The molecule has 0 bridgehead atoms. The normalized spacial score (nSPS) is 10.4. The Morgan fingerprint density at radius 2 is 1.66 bits per heavy atom. The topological polar surface area (TPSA) is 71.8 Å². The molecule has 2 aromatic carbocycles. The van der Waals surface area contributed by atoms with Gasteiger partial charge in [0.05, 0.1) is 7.11 Å². The predicted octanol–water partition coefficient (Wildman–Crippen LogP) is 4.23. The number of carbonyl (C=O) groups is 2. The summed E-state index contributed by atoms with van der Waals surface area (Å²) in [5, 5.41) is 2.84. The molecule has 0 saturated carbocycles. The average Bonchev–Trinajstić information content (AvgIpc) is 3.21. The molecule has 0 saturated heterocycles. The van der Waals surface area contributed by atoms with E-state index in [1.807, 2.05) is 36.4 Å². The summed E-state index contributed by atoms with van der Waals surface area (Å²) in [6.07, 6.45) is 0.799. The Bertz CT molecular complexity index is 973. The monoisotopic (exact) mass is 392 g/mol. The summed E-state index contributed by atoms with van der Waals surface area (Å²) in [5.74, 6) is 2.10. The van der Waals surface area contributed by atoms with Gasteiger partial charge in [0.15, 0.2) is 0 Å². The van der Waals surface area contributed by atoms with E-state index in [4.69, 9.17) is 9.15 Å². The van der Waals surface area contributed by atoms with Crippen molar-refractivity contribution in [2.45, 2.75) is 12.8 Å². The van der Waals surface area contributed by atoms with Crippen molar-refractivity contribution >= 4 is 17.5 Å². The van der Waals surface area contributed by atoms with Crippen LogP contribution in [0.15, 0.2) is 65.1 Å². The van der Waals surface area contributed by atoms with Crippen molar-refractivity contribution in [1.29, 1.82) is 0 Å². The highest BCUT2D eigenvalue weighted by Crippen LogP contribution is 2.25. The molecule has 1 heterocycles. The molecule has 0 aliphatic carbocycles. The van der Waals surface area contributed by atoms with Gasteiger partial charge in [-0.1, -0.05) is 0 Å². The second kappa shape index (κ2) is 9.10. The molecule has 0 atom stereocenters. The van der Waals surface area contributed by atoms with Crippen molar-refractivity contribution < 1.29 is 18.7 Å². The van der Waals surface area contributed by atoms with Crippen molar-refractivity contribution in [2.75, 3.05) is 26.5 Å². The quantitative estimate of drug-likeness (QED) is 0.653. The van der Waals surface area contributed by atoms with E-state index in [1.54, 1.807) is 45.5 Å². The van der Waals surface area contributed by atoms with Gasteiger partial charge in [0.25, 0.3) is 5.91 Å². The first-order valence-corrected chi connectivity index (χ1v) is 9.31. The van der Waals surface area contributed by atoms with Crippen LogP contribution in [-0.2, 0) is 11.2 Å². The lowest BCUT2D eigenvalue weighted by atomic mass is 10.1. The molecule has 150 valence electrons. The highest BCUT2D eigenvalue weighted by Gasteiger charge is 2.10. The molecule has 3 aromatic rings. The van der Waals surface area contributed by atoms with Crippen LogP contribution in [0.2, 0.25) is 0 Å². The summed E-state index contributed by atoms with van der Waals surface area (Å²) in [7, 11) is 5.03. The van der Waals surface area contributed by atoms with Crippen LogP contribution in [0.1, 0.15) is 22.5 Å². The van der Waals surface area contributed by atoms with E-state index < -0.39 is 0 Å². The number of amides is 2. The van der Waals surface area contributed by atoms with E-state index in [9.17, 15) is 9.59 Å². The first kappa shape index (κ1) is 20.2. The molecule has 0 aliphatic rings. The molecule has 6 heteroatoms. The molecule has 0 fully saturated rings. The minimum Gasteiger partial charge on any atom is -0.497 e. The van der Waals surface area contributed by atoms with E-state index in [0.717, 1.165) is 22.8 Å². The van der Waals surface area contributed by atoms with Crippen molar-refractivity contribution in [1.82, 2.24) is 4.90 Å². The van der Waals surface area contributed by atoms with Crippen LogP contribution in [-0.4, -0.2) is 37.9 Å². The number of furan rings is 1. The highest BCUT2D eigenvalue weighted by molar-refractivity contribution is 5.95. The molecule has 0 unspecified atom stereocenters. The molecule has 3 rings (SSSR count). The van der Waals surface area contributed by atoms with Crippen molar-refractivity contribution in [3.8, 4) is 17.1 Å². The van der Waals surface area contributed by atoms with Crippen LogP contribution in [0.5, 0.6) is 5.75 Å². The molecule has 1 N–H and O–H groups in total. The number of rotatable bonds is 7. The second-order valence-electron chi connectivity index (χ2n) is 6.82. The smallest absolute Gasteiger partial charge is 0.253 e. The van der Waals surface area contributed by atoms with Gasteiger partial charge in [-0.05, 0) is 60.7 Å². The van der Waals surface area contributed by atoms with Crippen LogP contribution in [0, 0.1) is 0 Å². The number of aryl methyl sites for hydroxylation is 1. The Morgan fingerprint density at radius 1 is 0.966 bits per heavy atom. The molecule has 0 radical (unpaired) electrons. The average molecular weight is 392 g/mol. The second-order valence-corrected chi connectivity index (χ2v) is 6.82. The van der Waals surface area contributed by atoms with Crippen LogP contribution in [0.3, 0.4) is 0 Å². The third-order valence-corrected chi connectivity index (χ3v) is 4.46. The fourth-order valence-electron chi connectivity index (χ4n) is 2.84. The number of hydrogen-bond donors (Lipinski definition) is 1. The SMILES string of the molecule is COc1ccc(-c2ccc(CCC(=O)Nc3ccc(C(=O)N(C)C)cc3)o2)cc1. The fraction of sp³-hybridized carbons (Fsp3) is 0.217. The number of ether oxygens (including phenoxy) is 1. The third kappa shape index (κ3) is 5.25. The Hall–Kier alpha value is -3.54. The standard InChI is InChI=1S/C23H24N2O4/c1-25(2)23(27)17-4-8-18(9-5-17)24-22(26)15-13-20-12-14-21(29-20)16-6-10-19(28-3)11-7-16/h4-12,14H,13,15H2,1-3H3,(H,24,26). The Balaban J connectivity index is 1.53. The number of nitrogens with zero attached hydrogens (tertiary/aromatic N) is 1. The van der Waals surface area contributed by atoms with Gasteiger partial charge >= 0.3 is 0 Å². The Morgan fingerprint density at radius 3 is 2.28 bits per heavy atom. The van der Waals surface area contributed by atoms with Gasteiger partial charge in [-0.15, -0.1) is 0 Å². The zero-order valence-corrected chi connectivity index (χ0v) is 16.8. The van der Waals surface area contributed by atoms with E-state index >= 15 is 0 Å². The number of nitrogens with one attached hydrogen (secondary N) is 1. The van der Waals surface area contributed by atoms with Gasteiger partial charge in [-0.25, -0.2) is 0 Å². The van der Waals surface area contributed by atoms with Gasteiger partial charge < -0.3 is 19.4 Å². The molecule has 2 amide bonds. The number of carbonyl (C=O) groups excluding carboxylic acids is 2. The lowest BCUT2D eigenvalue weighted by Gasteiger charge is -2.11. The molecule has 6 nitrogen and oxygen atoms in total. The number of benzene rings is 2. The molecule has 29 heavy (non-hydrogen) atoms. The number of anilines is 1. The van der Waals surface area contributed by atoms with Crippen molar-refractivity contribution in [3.05, 3.63) is 72.0 Å². The van der Waals surface area contributed by atoms with Gasteiger partial charge in [-0.3, -0.25) is 9.59 Å². The molecular formula is C23H24N2O4. The van der Waals surface area contributed by atoms with Gasteiger partial charge in [0, 0.05) is 43.8 Å². The summed E-state index contributed by atoms with van der Waals surface area (Å²) in [6.45, 7) is 0. The summed E-state index contributed by atoms with van der Waals surface area (Å²) in [4.78, 5) is 25.6. The van der Waals surface area contributed by atoms with Crippen LogP contribution >= 0.6 is 0 Å². The van der Waals surface area contributed by atoms with Gasteiger partial charge in [0.1, 0.15) is 17.3 Å². The summed E-state index contributed by atoms with van der Waals surface area (Å²) < 4.78 is 11.0. The first-order chi connectivity index (χ1) is 14.0. The van der Waals surface area contributed by atoms with Gasteiger partial charge in [-0.2, -0.15) is 0 Å². The van der Waals surface area contributed by atoms with Gasteiger partial charge in [0.2, 0.25) is 5.91 Å². The van der Waals surface area contributed by atoms with E-state index in [-0.39, 0.29) is 11.8 Å². The summed E-state index contributed by atoms with van der Waals surface area (Å²) >= 11 is 0. The summed E-state index contributed by atoms with van der Waals surface area (Å²) in [5.41, 5.74) is 2.19. The van der Waals surface area contributed by atoms with E-state index in [0.29, 0.717) is 24.1 Å². The van der Waals surface area contributed by atoms with Crippen molar-refractivity contribution in [2.24, 2.45) is 0 Å². The van der Waals surface area contributed by atoms with E-state index in [2.05, 4.69) is 5.32 Å². The minimum atomic E-state index is -0.112. The zero-order chi connectivity index (χ0) is 20.8. The largest absolute Gasteiger partial charge is 0.497 e. The third-order valence-electron chi connectivity index (χ3n) is 4.46. The molecular weight excluding hydrogens is 368 g/mol.